The maximum Gasteiger partial charge on any atom is 0.262 e. The molecular formula is C27H23FI2N4O3. The first-order valence-corrected chi connectivity index (χ1v) is 13.3. The number of carbonyl (C=O) groups excluding carboxylic acids is 2. The first-order valence-electron chi connectivity index (χ1n) is 11.2. The van der Waals surface area contributed by atoms with Gasteiger partial charge in [0, 0.05) is 0 Å². The van der Waals surface area contributed by atoms with Crippen molar-refractivity contribution in [1.29, 1.82) is 5.26 Å². The van der Waals surface area contributed by atoms with Crippen molar-refractivity contribution < 1.29 is 18.7 Å². The number of nitrogens with zero attached hydrogens (tertiary/aromatic N) is 2. The minimum atomic E-state index is -0.900. The van der Waals surface area contributed by atoms with Gasteiger partial charge in [-0.1, -0.05) is 38.1 Å². The number of halogens is 3. The molecule has 10 heteroatoms. The molecule has 2 N–H and O–H groups in total. The molecule has 2 amide bonds. The second-order valence-electron chi connectivity index (χ2n) is 8.32. The van der Waals surface area contributed by atoms with Crippen LogP contribution in [0.2, 0.25) is 0 Å². The maximum atomic E-state index is 13.9. The molecule has 0 radical (unpaired) electrons. The summed E-state index contributed by atoms with van der Waals surface area (Å²) in [5.41, 5.74) is 4.61. The fourth-order valence-electron chi connectivity index (χ4n) is 3.26. The van der Waals surface area contributed by atoms with E-state index in [-0.39, 0.29) is 11.5 Å². The van der Waals surface area contributed by atoms with Gasteiger partial charge in [0.05, 0.1) is 30.6 Å². The van der Waals surface area contributed by atoms with E-state index in [1.165, 1.54) is 24.4 Å². The number of ether oxygens (including phenoxy) is 1. The molecule has 1 unspecified atom stereocenters. The molecule has 0 aliphatic rings. The third-order valence-corrected chi connectivity index (χ3v) is 6.83. The van der Waals surface area contributed by atoms with Crippen LogP contribution in [0.3, 0.4) is 0 Å². The number of hydrogen-bond donors (Lipinski definition) is 2. The Kier molecular flexibility index (Phi) is 10.4. The number of carbonyl (C=O) groups is 2. The molecule has 0 aliphatic carbocycles. The topological polar surface area (TPSA) is 104 Å². The largest absolute Gasteiger partial charge is 0.487 e. The van der Waals surface area contributed by atoms with Gasteiger partial charge in [0.2, 0.25) is 0 Å². The first kappa shape index (κ1) is 28.5. The minimum absolute atomic E-state index is 0.130. The Morgan fingerprint density at radius 3 is 2.35 bits per heavy atom. The fourth-order valence-corrected chi connectivity index (χ4v) is 5.39. The van der Waals surface area contributed by atoms with Gasteiger partial charge in [0.1, 0.15) is 24.2 Å². The van der Waals surface area contributed by atoms with Gasteiger partial charge in [-0.3, -0.25) is 9.59 Å². The van der Waals surface area contributed by atoms with E-state index in [1.54, 1.807) is 32.0 Å². The lowest BCUT2D eigenvalue weighted by molar-refractivity contribution is -0.123. The summed E-state index contributed by atoms with van der Waals surface area (Å²) in [7, 11) is 0. The third-order valence-electron chi connectivity index (χ3n) is 5.23. The molecule has 7 nitrogen and oxygen atoms in total. The van der Waals surface area contributed by atoms with Crippen LogP contribution in [0, 0.1) is 30.2 Å². The summed E-state index contributed by atoms with van der Waals surface area (Å²) in [6.45, 7) is 3.91. The standard InChI is InChI=1S/C27H23FI2N4O3/c1-16(2)24(33-26(35)20-5-3-4-6-21(20)28)27(36)34-32-14-19-11-22(29)25(23(30)12-19)37-15-18-9-7-17(13-31)8-10-18/h3-12,14,16,24H,15H2,1-2H3,(H,33,35)(H,34,36)/b32-14+. The number of amides is 2. The second-order valence-corrected chi connectivity index (χ2v) is 10.6. The van der Waals surface area contributed by atoms with Gasteiger partial charge < -0.3 is 10.1 Å². The molecular weight excluding hydrogens is 701 g/mol. The number of nitriles is 1. The molecule has 0 aromatic heterocycles. The lowest BCUT2D eigenvalue weighted by atomic mass is 10.0. The Balaban J connectivity index is 1.62. The summed E-state index contributed by atoms with van der Waals surface area (Å²) < 4.78 is 21.6. The Hall–Kier alpha value is -3.05. The summed E-state index contributed by atoms with van der Waals surface area (Å²) in [6.07, 6.45) is 1.50. The van der Waals surface area contributed by atoms with Crippen molar-refractivity contribution in [3.05, 3.63) is 95.9 Å². The van der Waals surface area contributed by atoms with Crippen LogP contribution in [-0.4, -0.2) is 24.1 Å². The molecule has 3 aromatic carbocycles. The van der Waals surface area contributed by atoms with Gasteiger partial charge in [-0.25, -0.2) is 9.82 Å². The molecule has 0 aliphatic heterocycles. The lowest BCUT2D eigenvalue weighted by Gasteiger charge is -2.20. The molecule has 0 saturated heterocycles. The Morgan fingerprint density at radius 2 is 1.76 bits per heavy atom. The second kappa shape index (κ2) is 13.5. The van der Waals surface area contributed by atoms with E-state index in [0.717, 1.165) is 24.0 Å². The first-order chi connectivity index (χ1) is 17.7. The Labute approximate surface area is 241 Å². The van der Waals surface area contributed by atoms with Gasteiger partial charge in [-0.15, -0.1) is 0 Å². The number of hydrazone groups is 1. The van der Waals surface area contributed by atoms with Crippen molar-refractivity contribution >= 4 is 63.2 Å². The van der Waals surface area contributed by atoms with Gasteiger partial charge >= 0.3 is 0 Å². The van der Waals surface area contributed by atoms with E-state index in [2.05, 4.69) is 67.1 Å². The van der Waals surface area contributed by atoms with Crippen molar-refractivity contribution in [3.63, 3.8) is 0 Å². The van der Waals surface area contributed by atoms with Crippen LogP contribution in [0.15, 0.2) is 65.8 Å². The highest BCUT2D eigenvalue weighted by molar-refractivity contribution is 14.1. The van der Waals surface area contributed by atoms with Crippen molar-refractivity contribution in [3.8, 4) is 11.8 Å². The van der Waals surface area contributed by atoms with Crippen LogP contribution in [0.4, 0.5) is 4.39 Å². The van der Waals surface area contributed by atoms with Crippen molar-refractivity contribution in [1.82, 2.24) is 10.7 Å². The maximum absolute atomic E-state index is 13.9. The van der Waals surface area contributed by atoms with Crippen LogP contribution in [0.5, 0.6) is 5.75 Å². The van der Waals surface area contributed by atoms with Gasteiger partial charge in [0.15, 0.2) is 0 Å². The molecule has 1 atom stereocenters. The normalized spacial score (nSPS) is 11.7. The molecule has 3 aromatic rings. The molecule has 0 spiro atoms. The summed E-state index contributed by atoms with van der Waals surface area (Å²) in [6, 6.07) is 17.7. The van der Waals surface area contributed by atoms with E-state index in [4.69, 9.17) is 10.00 Å². The van der Waals surface area contributed by atoms with Gasteiger partial charge in [-0.2, -0.15) is 10.4 Å². The van der Waals surface area contributed by atoms with Crippen LogP contribution in [0.25, 0.3) is 0 Å². The lowest BCUT2D eigenvalue weighted by Crippen LogP contribution is -2.48. The molecule has 3 rings (SSSR count). The zero-order chi connectivity index (χ0) is 26.9. The van der Waals surface area contributed by atoms with Crippen molar-refractivity contribution in [2.45, 2.75) is 26.5 Å². The Bertz CT molecular complexity index is 1330. The van der Waals surface area contributed by atoms with Crippen LogP contribution >= 0.6 is 45.2 Å². The third kappa shape index (κ3) is 7.96. The average molecular weight is 724 g/mol. The zero-order valence-corrected chi connectivity index (χ0v) is 24.3. The SMILES string of the molecule is CC(C)C(NC(=O)c1ccccc1F)C(=O)N/N=C/c1cc(I)c(OCc2ccc(C#N)cc2)c(I)c1. The predicted octanol–water partition coefficient (Wildman–Crippen LogP) is 5.39. The zero-order valence-electron chi connectivity index (χ0n) is 20.0. The highest BCUT2D eigenvalue weighted by Crippen LogP contribution is 2.29. The Morgan fingerprint density at radius 1 is 1.11 bits per heavy atom. The van der Waals surface area contributed by atoms with E-state index in [1.807, 2.05) is 24.3 Å². The van der Waals surface area contributed by atoms with Crippen molar-refractivity contribution in [2.24, 2.45) is 11.0 Å². The molecule has 0 saturated carbocycles. The van der Waals surface area contributed by atoms with Gasteiger partial charge in [-0.05, 0) is 98.6 Å². The molecule has 0 heterocycles. The number of rotatable bonds is 9. The number of benzene rings is 3. The number of nitrogens with one attached hydrogen (secondary N) is 2. The van der Waals surface area contributed by atoms with E-state index in [0.29, 0.717) is 12.2 Å². The van der Waals surface area contributed by atoms with Crippen LogP contribution in [0.1, 0.15) is 40.9 Å². The summed E-state index contributed by atoms with van der Waals surface area (Å²) in [4.78, 5) is 25.2. The average Bonchev–Trinajstić information content (AvgIpc) is 2.87. The minimum Gasteiger partial charge on any atom is -0.487 e. The molecule has 0 fully saturated rings. The number of hydrogen-bond acceptors (Lipinski definition) is 5. The van der Waals surface area contributed by atoms with Gasteiger partial charge in [0.25, 0.3) is 11.8 Å². The summed E-state index contributed by atoms with van der Waals surface area (Å²) >= 11 is 4.34. The van der Waals surface area contributed by atoms with E-state index >= 15 is 0 Å². The van der Waals surface area contributed by atoms with E-state index in [9.17, 15) is 14.0 Å². The fraction of sp³-hybridized carbons (Fsp3) is 0.185. The molecule has 190 valence electrons. The molecule has 0 bridgehead atoms. The monoisotopic (exact) mass is 724 g/mol. The van der Waals surface area contributed by atoms with E-state index < -0.39 is 23.7 Å². The predicted molar refractivity (Wildman–Crippen MR) is 156 cm³/mol. The highest BCUT2D eigenvalue weighted by Gasteiger charge is 2.25. The van der Waals surface area contributed by atoms with Crippen molar-refractivity contribution in [2.75, 3.05) is 0 Å². The molecule has 37 heavy (non-hydrogen) atoms. The summed E-state index contributed by atoms with van der Waals surface area (Å²) in [5.74, 6) is -1.36. The quantitative estimate of drug-likeness (QED) is 0.176. The summed E-state index contributed by atoms with van der Waals surface area (Å²) in [5, 5.41) is 15.5. The van der Waals surface area contributed by atoms with Crippen LogP contribution < -0.4 is 15.5 Å². The van der Waals surface area contributed by atoms with Crippen LogP contribution in [-0.2, 0) is 11.4 Å². The smallest absolute Gasteiger partial charge is 0.262 e. The highest BCUT2D eigenvalue weighted by atomic mass is 127.